The van der Waals surface area contributed by atoms with Gasteiger partial charge in [0, 0.05) is 5.56 Å². The third-order valence-electron chi connectivity index (χ3n) is 2.09. The van der Waals surface area contributed by atoms with Gasteiger partial charge in [-0.05, 0) is 19.1 Å². The van der Waals surface area contributed by atoms with E-state index in [2.05, 4.69) is 0 Å². The first-order valence-electron chi connectivity index (χ1n) is 5.62. The maximum absolute atomic E-state index is 9.07. The lowest BCUT2D eigenvalue weighted by Gasteiger charge is -2.07. The van der Waals surface area contributed by atoms with Crippen LogP contribution in [-0.2, 0) is 16.1 Å². The Bertz CT molecular complexity index is 433. The number of hydrogen-bond donors (Lipinski definition) is 3. The Kier molecular flexibility index (Phi) is 8.91. The van der Waals surface area contributed by atoms with Crippen LogP contribution in [0.4, 0.5) is 0 Å². The summed E-state index contributed by atoms with van der Waals surface area (Å²) in [6.07, 6.45) is -0.309. The molecule has 1 rings (SSSR count). The molecule has 6 nitrogen and oxygen atoms in total. The minimum absolute atomic E-state index is 0.309. The molecular formula is C12H15Cl2NO5. The van der Waals surface area contributed by atoms with Crippen molar-refractivity contribution in [2.75, 3.05) is 6.54 Å². The fourth-order valence-corrected chi connectivity index (χ4v) is 1.75. The minimum Gasteiger partial charge on any atom is -0.539 e. The fourth-order valence-electron chi connectivity index (χ4n) is 1.20. The van der Waals surface area contributed by atoms with E-state index in [1.165, 1.54) is 0 Å². The number of quaternary nitrogens is 1. The zero-order chi connectivity index (χ0) is 15.7. The van der Waals surface area contributed by atoms with Gasteiger partial charge in [0.15, 0.2) is 5.97 Å². The number of carboxylic acid groups (broad SMARTS) is 2. The molecule has 0 aliphatic rings. The van der Waals surface area contributed by atoms with Crippen LogP contribution in [0.3, 0.4) is 0 Å². The van der Waals surface area contributed by atoms with Crippen molar-refractivity contribution < 1.29 is 30.2 Å². The maximum atomic E-state index is 9.07. The molecule has 0 saturated heterocycles. The van der Waals surface area contributed by atoms with Crippen molar-refractivity contribution >= 4 is 35.1 Å². The monoisotopic (exact) mass is 323 g/mol. The molecule has 0 radical (unpaired) electrons. The Morgan fingerprint density at radius 3 is 2.15 bits per heavy atom. The number of hydrogen-bond acceptors (Lipinski definition) is 4. The second-order valence-corrected chi connectivity index (χ2v) is 4.68. The summed E-state index contributed by atoms with van der Waals surface area (Å²) in [7, 11) is 0. The highest BCUT2D eigenvalue weighted by atomic mass is 35.5. The van der Waals surface area contributed by atoms with Crippen molar-refractivity contribution in [1.82, 2.24) is 0 Å². The van der Waals surface area contributed by atoms with E-state index in [0.29, 0.717) is 23.1 Å². The van der Waals surface area contributed by atoms with Crippen LogP contribution in [0.5, 0.6) is 0 Å². The molecule has 20 heavy (non-hydrogen) atoms. The lowest BCUT2D eigenvalue weighted by molar-refractivity contribution is -0.676. The standard InChI is InChI=1S/C10H13Cl2NO.C2H2O4/c1-7(14)5-13-6-8-9(11)3-2-4-10(8)12;3-1(4)2(5)6/h2-4,7,13-14H,5-6H2,1H3;(H,3,4)(H,5,6). The zero-order valence-corrected chi connectivity index (χ0v) is 12.2. The molecule has 0 heterocycles. The van der Waals surface area contributed by atoms with Crippen LogP contribution in [0.15, 0.2) is 18.2 Å². The second-order valence-electron chi connectivity index (χ2n) is 3.87. The largest absolute Gasteiger partial charge is 0.539 e. The molecule has 8 heteroatoms. The highest BCUT2D eigenvalue weighted by Crippen LogP contribution is 2.22. The second kappa shape index (κ2) is 9.55. The molecule has 0 fully saturated rings. The van der Waals surface area contributed by atoms with Crippen molar-refractivity contribution in [3.63, 3.8) is 0 Å². The van der Waals surface area contributed by atoms with E-state index in [1.807, 2.05) is 23.5 Å². The summed E-state index contributed by atoms with van der Waals surface area (Å²) >= 11 is 12.0. The summed E-state index contributed by atoms with van der Waals surface area (Å²) < 4.78 is 0. The highest BCUT2D eigenvalue weighted by Gasteiger charge is 2.07. The molecule has 0 spiro atoms. The number of carbonyl (C=O) groups excluding carboxylic acids is 1. The van der Waals surface area contributed by atoms with Gasteiger partial charge in [0.25, 0.3) is 0 Å². The number of aliphatic hydroxyl groups is 1. The number of carbonyl (C=O) groups is 2. The first kappa shape index (κ1) is 18.7. The number of aliphatic carboxylic acids is 2. The van der Waals surface area contributed by atoms with Crippen LogP contribution in [0, 0.1) is 0 Å². The number of nitrogens with two attached hydrogens (primary N) is 1. The topological polar surface area (TPSA) is 114 Å². The molecule has 0 aliphatic heterocycles. The van der Waals surface area contributed by atoms with Crippen LogP contribution in [0.25, 0.3) is 0 Å². The average Bonchev–Trinajstić information content (AvgIpc) is 2.33. The average molecular weight is 324 g/mol. The third-order valence-corrected chi connectivity index (χ3v) is 2.80. The Hall–Kier alpha value is -1.34. The first-order chi connectivity index (χ1) is 9.25. The van der Waals surface area contributed by atoms with Crippen molar-refractivity contribution in [2.45, 2.75) is 19.6 Å². The molecule has 0 aliphatic carbocycles. The van der Waals surface area contributed by atoms with Crippen molar-refractivity contribution in [2.24, 2.45) is 0 Å². The van der Waals surface area contributed by atoms with Gasteiger partial charge >= 0.3 is 5.97 Å². The predicted octanol–water partition coefficient (Wildman–Crippen LogP) is -0.741. The van der Waals surface area contributed by atoms with E-state index >= 15 is 0 Å². The van der Waals surface area contributed by atoms with E-state index < -0.39 is 11.9 Å². The van der Waals surface area contributed by atoms with Gasteiger partial charge in [0.1, 0.15) is 13.1 Å². The molecule has 0 aromatic heterocycles. The highest BCUT2D eigenvalue weighted by molar-refractivity contribution is 6.35. The summed E-state index contributed by atoms with van der Waals surface area (Å²) in [4.78, 5) is 18.0. The lowest BCUT2D eigenvalue weighted by atomic mass is 10.2. The van der Waals surface area contributed by atoms with Gasteiger partial charge in [-0.2, -0.15) is 0 Å². The van der Waals surface area contributed by atoms with Crippen LogP contribution in [0.1, 0.15) is 12.5 Å². The number of halogens is 2. The molecule has 0 amide bonds. The molecule has 1 unspecified atom stereocenters. The summed E-state index contributed by atoms with van der Waals surface area (Å²) in [6.45, 7) is 3.11. The van der Waals surface area contributed by atoms with Crippen molar-refractivity contribution in [3.8, 4) is 0 Å². The smallest absolute Gasteiger partial charge is 0.351 e. The van der Waals surface area contributed by atoms with Gasteiger partial charge < -0.3 is 25.4 Å². The summed E-state index contributed by atoms with van der Waals surface area (Å²) in [5.41, 5.74) is 0.927. The van der Waals surface area contributed by atoms with Gasteiger partial charge in [-0.15, -0.1) is 0 Å². The van der Waals surface area contributed by atoms with Crippen molar-refractivity contribution in [1.29, 1.82) is 0 Å². The number of aliphatic hydroxyl groups excluding tert-OH is 1. The summed E-state index contributed by atoms with van der Waals surface area (Å²) in [5.74, 6) is -4.01. The quantitative estimate of drug-likeness (QED) is 0.631. The lowest BCUT2D eigenvalue weighted by Crippen LogP contribution is -2.84. The van der Waals surface area contributed by atoms with Crippen molar-refractivity contribution in [3.05, 3.63) is 33.8 Å². The molecule has 1 aromatic rings. The van der Waals surface area contributed by atoms with E-state index in [4.69, 9.17) is 48.1 Å². The molecule has 112 valence electrons. The van der Waals surface area contributed by atoms with Crippen LogP contribution in [-0.4, -0.2) is 34.8 Å². The van der Waals surface area contributed by atoms with Gasteiger partial charge in [-0.3, -0.25) is 0 Å². The molecule has 4 N–H and O–H groups in total. The minimum atomic E-state index is -2.07. The zero-order valence-electron chi connectivity index (χ0n) is 10.7. The van der Waals surface area contributed by atoms with Crippen LogP contribution >= 0.6 is 23.2 Å². The predicted molar refractivity (Wildman–Crippen MR) is 71.3 cm³/mol. The molecule has 1 atom stereocenters. The molecular weight excluding hydrogens is 309 g/mol. The maximum Gasteiger partial charge on any atom is 0.351 e. The summed E-state index contributed by atoms with van der Waals surface area (Å²) in [5, 5.41) is 28.7. The van der Waals surface area contributed by atoms with Crippen LogP contribution in [0.2, 0.25) is 10.0 Å². The van der Waals surface area contributed by atoms with Crippen LogP contribution < -0.4 is 10.4 Å². The Labute approximate surface area is 125 Å². The summed E-state index contributed by atoms with van der Waals surface area (Å²) in [6, 6.07) is 5.46. The Balaban J connectivity index is 0.000000511. The van der Waals surface area contributed by atoms with E-state index in [1.54, 1.807) is 6.92 Å². The normalized spacial score (nSPS) is 11.2. The number of rotatable bonds is 4. The number of benzene rings is 1. The van der Waals surface area contributed by atoms with E-state index in [-0.39, 0.29) is 6.10 Å². The Morgan fingerprint density at radius 1 is 1.35 bits per heavy atom. The Morgan fingerprint density at radius 2 is 1.80 bits per heavy atom. The van der Waals surface area contributed by atoms with E-state index in [9.17, 15) is 0 Å². The SMILES string of the molecule is CC(O)C[NH2+]Cc1c(Cl)cccc1Cl.O=C([O-])C(=O)O. The molecule has 1 aromatic carbocycles. The van der Waals surface area contributed by atoms with E-state index in [0.717, 1.165) is 5.56 Å². The first-order valence-corrected chi connectivity index (χ1v) is 6.38. The molecule has 0 saturated carbocycles. The van der Waals surface area contributed by atoms with Gasteiger partial charge in [0.05, 0.1) is 16.1 Å². The van der Waals surface area contributed by atoms with Gasteiger partial charge in [0.2, 0.25) is 0 Å². The fraction of sp³-hybridized carbons (Fsp3) is 0.333. The van der Waals surface area contributed by atoms with Gasteiger partial charge in [-0.1, -0.05) is 29.3 Å². The number of carboxylic acids is 2. The molecule has 0 bridgehead atoms. The third kappa shape index (κ3) is 7.96. The van der Waals surface area contributed by atoms with Gasteiger partial charge in [-0.25, -0.2) is 4.79 Å².